The number of aromatic nitrogens is 3. The zero-order valence-electron chi connectivity index (χ0n) is 9.67. The summed E-state index contributed by atoms with van der Waals surface area (Å²) in [5, 5.41) is 22.3. The minimum absolute atomic E-state index is 0.00698. The van der Waals surface area contributed by atoms with Gasteiger partial charge in [-0.1, -0.05) is 0 Å². The van der Waals surface area contributed by atoms with E-state index in [2.05, 4.69) is 20.3 Å². The molecule has 2 aromatic heterocycles. The molecule has 1 aliphatic heterocycles. The second kappa shape index (κ2) is 4.20. The maximum atomic E-state index is 10.0. The van der Waals surface area contributed by atoms with Crippen molar-refractivity contribution in [2.75, 3.05) is 12.3 Å². The lowest BCUT2D eigenvalue weighted by molar-refractivity contribution is 0.157. The molecular formula is C11H15N5O2. The Labute approximate surface area is 103 Å². The minimum Gasteiger partial charge on any atom is -0.395 e. The van der Waals surface area contributed by atoms with Crippen LogP contribution in [-0.4, -0.2) is 43.9 Å². The number of aliphatic hydroxyl groups excluding tert-OH is 2. The average molecular weight is 249 g/mol. The summed E-state index contributed by atoms with van der Waals surface area (Å²) in [6, 6.07) is -0.334. The highest BCUT2D eigenvalue weighted by Gasteiger charge is 2.34. The molecule has 1 fully saturated rings. The number of nitrogens with two attached hydrogens (primary N) is 1. The van der Waals surface area contributed by atoms with Gasteiger partial charge in [-0.05, 0) is 6.42 Å². The quantitative estimate of drug-likeness (QED) is 0.480. The van der Waals surface area contributed by atoms with Crippen LogP contribution in [0.5, 0.6) is 0 Å². The van der Waals surface area contributed by atoms with Crippen LogP contribution >= 0.6 is 0 Å². The van der Waals surface area contributed by atoms with Gasteiger partial charge < -0.3 is 26.2 Å². The Hall–Kier alpha value is -1.70. The predicted molar refractivity (Wildman–Crippen MR) is 65.7 cm³/mol. The van der Waals surface area contributed by atoms with Crippen molar-refractivity contribution in [3.63, 3.8) is 0 Å². The summed E-state index contributed by atoms with van der Waals surface area (Å²) in [4.78, 5) is 11.1. The van der Waals surface area contributed by atoms with Crippen LogP contribution in [0.15, 0.2) is 12.5 Å². The van der Waals surface area contributed by atoms with Crippen LogP contribution in [0.2, 0.25) is 0 Å². The first-order chi connectivity index (χ1) is 8.70. The first-order valence-corrected chi connectivity index (χ1v) is 5.83. The van der Waals surface area contributed by atoms with Crippen molar-refractivity contribution in [1.82, 2.24) is 20.3 Å². The number of hydrogen-bond acceptors (Lipinski definition) is 6. The highest BCUT2D eigenvalue weighted by molar-refractivity contribution is 5.87. The maximum Gasteiger partial charge on any atom is 0.151 e. The molecule has 0 bridgehead atoms. The van der Waals surface area contributed by atoms with Crippen LogP contribution in [0.4, 0.5) is 5.82 Å². The molecule has 7 heteroatoms. The molecule has 0 spiro atoms. The van der Waals surface area contributed by atoms with E-state index in [9.17, 15) is 5.11 Å². The van der Waals surface area contributed by atoms with E-state index in [0.717, 1.165) is 5.56 Å². The zero-order chi connectivity index (χ0) is 12.7. The maximum absolute atomic E-state index is 10.0. The number of nitrogen functional groups attached to an aromatic ring is 1. The molecule has 0 unspecified atom stereocenters. The van der Waals surface area contributed by atoms with Crippen molar-refractivity contribution < 1.29 is 10.2 Å². The minimum atomic E-state index is -0.544. The molecule has 3 heterocycles. The van der Waals surface area contributed by atoms with Gasteiger partial charge in [0.05, 0.1) is 24.3 Å². The Balaban J connectivity index is 2.02. The topological polar surface area (TPSA) is 120 Å². The Morgan fingerprint density at radius 1 is 1.44 bits per heavy atom. The van der Waals surface area contributed by atoms with Gasteiger partial charge in [-0.15, -0.1) is 0 Å². The SMILES string of the molecule is Nc1ncnc2c([C@@H]3N[C@H](CO)C[C@H]3O)c[nH]c12. The van der Waals surface area contributed by atoms with Gasteiger partial charge in [-0.25, -0.2) is 9.97 Å². The summed E-state index contributed by atoms with van der Waals surface area (Å²) >= 11 is 0. The Bertz CT molecular complexity index is 570. The van der Waals surface area contributed by atoms with Crippen molar-refractivity contribution in [3.8, 4) is 0 Å². The van der Waals surface area contributed by atoms with Gasteiger partial charge in [-0.3, -0.25) is 0 Å². The molecule has 0 amide bonds. The standard InChI is InChI=1S/C11H15N5O2/c12-11-10-9(14-4-15-11)6(2-13-10)8-7(18)1-5(3-17)16-8/h2,4-5,7-8,13,16-18H,1,3H2,(H2,12,14,15)/t5-,7+,8-/m0/s1. The summed E-state index contributed by atoms with van der Waals surface area (Å²) in [5.74, 6) is 0.387. The average Bonchev–Trinajstić information content (AvgIpc) is 2.93. The monoisotopic (exact) mass is 249 g/mol. The smallest absolute Gasteiger partial charge is 0.151 e. The second-order valence-corrected chi connectivity index (χ2v) is 4.55. The van der Waals surface area contributed by atoms with E-state index in [0.29, 0.717) is 23.3 Å². The van der Waals surface area contributed by atoms with Crippen LogP contribution in [0.25, 0.3) is 11.0 Å². The van der Waals surface area contributed by atoms with E-state index in [4.69, 9.17) is 10.8 Å². The van der Waals surface area contributed by atoms with Crippen LogP contribution in [0.1, 0.15) is 18.0 Å². The number of hydrogen-bond donors (Lipinski definition) is 5. The fraction of sp³-hybridized carbons (Fsp3) is 0.455. The molecule has 0 aliphatic carbocycles. The van der Waals surface area contributed by atoms with Crippen molar-refractivity contribution in [3.05, 3.63) is 18.1 Å². The van der Waals surface area contributed by atoms with Gasteiger partial charge in [0.15, 0.2) is 5.82 Å². The normalized spacial score (nSPS) is 28.0. The fourth-order valence-electron chi connectivity index (χ4n) is 2.50. The number of H-pyrrole nitrogens is 1. The lowest BCUT2D eigenvalue weighted by atomic mass is 10.0. The van der Waals surface area contributed by atoms with Gasteiger partial charge in [0.2, 0.25) is 0 Å². The zero-order valence-corrected chi connectivity index (χ0v) is 9.67. The van der Waals surface area contributed by atoms with Gasteiger partial charge in [0.1, 0.15) is 11.8 Å². The lowest BCUT2D eigenvalue weighted by Gasteiger charge is -2.14. The van der Waals surface area contributed by atoms with Gasteiger partial charge in [-0.2, -0.15) is 0 Å². The summed E-state index contributed by atoms with van der Waals surface area (Å²) < 4.78 is 0. The Morgan fingerprint density at radius 2 is 2.28 bits per heavy atom. The third-order valence-corrected chi connectivity index (χ3v) is 3.40. The number of nitrogens with zero attached hydrogens (tertiary/aromatic N) is 2. The van der Waals surface area contributed by atoms with E-state index in [-0.39, 0.29) is 18.7 Å². The van der Waals surface area contributed by atoms with Crippen molar-refractivity contribution in [2.45, 2.75) is 24.6 Å². The molecule has 1 aliphatic rings. The van der Waals surface area contributed by atoms with Gasteiger partial charge >= 0.3 is 0 Å². The molecule has 3 rings (SSSR count). The molecule has 2 aromatic rings. The van der Waals surface area contributed by atoms with E-state index in [1.807, 2.05) is 0 Å². The fourth-order valence-corrected chi connectivity index (χ4v) is 2.50. The number of nitrogens with one attached hydrogen (secondary N) is 2. The van der Waals surface area contributed by atoms with Gasteiger partial charge in [0, 0.05) is 17.8 Å². The van der Waals surface area contributed by atoms with E-state index >= 15 is 0 Å². The number of aliphatic hydroxyl groups is 2. The van der Waals surface area contributed by atoms with Crippen molar-refractivity contribution in [1.29, 1.82) is 0 Å². The van der Waals surface area contributed by atoms with Crippen molar-refractivity contribution in [2.24, 2.45) is 0 Å². The van der Waals surface area contributed by atoms with E-state index in [1.165, 1.54) is 6.33 Å². The highest BCUT2D eigenvalue weighted by Crippen LogP contribution is 2.31. The number of anilines is 1. The largest absolute Gasteiger partial charge is 0.395 e. The van der Waals surface area contributed by atoms with Gasteiger partial charge in [0.25, 0.3) is 0 Å². The molecular weight excluding hydrogens is 234 g/mol. The number of rotatable bonds is 2. The molecule has 96 valence electrons. The van der Waals surface area contributed by atoms with Crippen LogP contribution < -0.4 is 11.1 Å². The number of fused-ring (bicyclic) bond motifs is 1. The summed E-state index contributed by atoms with van der Waals surface area (Å²) in [6.07, 6.45) is 3.15. The second-order valence-electron chi connectivity index (χ2n) is 4.55. The summed E-state index contributed by atoms with van der Waals surface area (Å²) in [5.41, 5.74) is 7.98. The third kappa shape index (κ3) is 1.64. The van der Waals surface area contributed by atoms with Crippen LogP contribution in [0.3, 0.4) is 0 Å². The van der Waals surface area contributed by atoms with Crippen LogP contribution in [0, 0.1) is 0 Å². The summed E-state index contributed by atoms with van der Waals surface area (Å²) in [7, 11) is 0. The molecule has 0 saturated carbocycles. The molecule has 1 saturated heterocycles. The molecule has 0 radical (unpaired) electrons. The first kappa shape index (κ1) is 11.4. The van der Waals surface area contributed by atoms with E-state index < -0.39 is 6.10 Å². The Kier molecular flexibility index (Phi) is 2.66. The van der Waals surface area contributed by atoms with E-state index in [1.54, 1.807) is 6.20 Å². The molecule has 6 N–H and O–H groups in total. The lowest BCUT2D eigenvalue weighted by Crippen LogP contribution is -2.28. The molecule has 7 nitrogen and oxygen atoms in total. The summed E-state index contributed by atoms with van der Waals surface area (Å²) in [6.45, 7) is 0.00698. The molecule has 18 heavy (non-hydrogen) atoms. The van der Waals surface area contributed by atoms with Crippen LogP contribution in [-0.2, 0) is 0 Å². The highest BCUT2D eigenvalue weighted by atomic mass is 16.3. The molecule has 0 aromatic carbocycles. The first-order valence-electron chi connectivity index (χ1n) is 5.83. The predicted octanol–water partition coefficient (Wildman–Crippen LogP) is -0.704. The number of aromatic amines is 1. The Morgan fingerprint density at radius 3 is 3.00 bits per heavy atom. The molecule has 3 atom stereocenters. The van der Waals surface area contributed by atoms with Crippen molar-refractivity contribution >= 4 is 16.9 Å². The third-order valence-electron chi connectivity index (χ3n) is 3.40.